The number of phenolic OH excluding ortho intramolecular Hbond substituents is 1. The number of phenols is 1. The van der Waals surface area contributed by atoms with E-state index in [1.165, 1.54) is 6.08 Å². The van der Waals surface area contributed by atoms with Gasteiger partial charge in [-0.3, -0.25) is 0 Å². The molecule has 1 N–H and O–H groups in total. The Hall–Kier alpha value is -1.77. The highest BCUT2D eigenvalue weighted by Gasteiger charge is 2.29. The van der Waals surface area contributed by atoms with Gasteiger partial charge in [0.15, 0.2) is 0 Å². The van der Waals surface area contributed by atoms with E-state index in [2.05, 4.69) is 41.5 Å². The predicted molar refractivity (Wildman–Crippen MR) is 105 cm³/mol. The predicted octanol–water partition coefficient (Wildman–Crippen LogP) is 5.73. The van der Waals surface area contributed by atoms with Crippen molar-refractivity contribution in [3.8, 4) is 5.75 Å². The Morgan fingerprint density at radius 3 is 2.12 bits per heavy atom. The van der Waals surface area contributed by atoms with Gasteiger partial charge in [-0.1, -0.05) is 48.0 Å². The molecule has 0 aliphatic rings. The van der Waals surface area contributed by atoms with Gasteiger partial charge in [-0.2, -0.15) is 0 Å². The number of esters is 1. The summed E-state index contributed by atoms with van der Waals surface area (Å²) >= 11 is 0. The third-order valence-corrected chi connectivity index (χ3v) is 5.05. The van der Waals surface area contributed by atoms with Gasteiger partial charge in [-0.05, 0) is 54.4 Å². The minimum Gasteiger partial charge on any atom is -0.507 e. The van der Waals surface area contributed by atoms with Crippen LogP contribution in [0.4, 0.5) is 0 Å². The summed E-state index contributed by atoms with van der Waals surface area (Å²) in [6.07, 6.45) is 6.17. The highest BCUT2D eigenvalue weighted by Crippen LogP contribution is 2.43. The van der Waals surface area contributed by atoms with Crippen molar-refractivity contribution in [1.29, 1.82) is 0 Å². The first-order valence-electron chi connectivity index (χ1n) is 9.31. The number of carbonyl (C=O) groups is 1. The van der Waals surface area contributed by atoms with Crippen LogP contribution in [0.2, 0.25) is 0 Å². The summed E-state index contributed by atoms with van der Waals surface area (Å²) in [6, 6.07) is 3.98. The normalized spacial score (nSPS) is 12.6. The van der Waals surface area contributed by atoms with Crippen LogP contribution in [-0.2, 0) is 20.4 Å². The van der Waals surface area contributed by atoms with Crippen molar-refractivity contribution in [3.63, 3.8) is 0 Å². The van der Waals surface area contributed by atoms with Crippen molar-refractivity contribution in [1.82, 2.24) is 0 Å². The summed E-state index contributed by atoms with van der Waals surface area (Å²) in [7, 11) is 0. The molecule has 0 bridgehead atoms. The first kappa shape index (κ1) is 21.3. The van der Waals surface area contributed by atoms with Crippen molar-refractivity contribution in [2.24, 2.45) is 0 Å². The third-order valence-electron chi connectivity index (χ3n) is 5.05. The molecule has 0 unspecified atom stereocenters. The van der Waals surface area contributed by atoms with E-state index in [-0.39, 0.29) is 16.8 Å². The lowest BCUT2D eigenvalue weighted by Crippen LogP contribution is -2.21. The minimum absolute atomic E-state index is 0.134. The maximum atomic E-state index is 11.6. The Bertz CT molecular complexity index is 624. The van der Waals surface area contributed by atoms with Crippen LogP contribution in [0.25, 0.3) is 6.08 Å². The summed E-state index contributed by atoms with van der Waals surface area (Å²) in [4.78, 5) is 11.6. The van der Waals surface area contributed by atoms with E-state index in [4.69, 9.17) is 4.74 Å². The van der Waals surface area contributed by atoms with Gasteiger partial charge in [0.05, 0.1) is 6.61 Å². The van der Waals surface area contributed by atoms with Crippen LogP contribution < -0.4 is 0 Å². The summed E-state index contributed by atoms with van der Waals surface area (Å²) in [5.74, 6) is 0.0415. The summed E-state index contributed by atoms with van der Waals surface area (Å²) in [6.45, 7) is 15.0. The molecule has 140 valence electrons. The van der Waals surface area contributed by atoms with Crippen LogP contribution in [0.1, 0.15) is 84.4 Å². The first-order chi connectivity index (χ1) is 11.6. The monoisotopic (exact) mass is 346 g/mol. The third kappa shape index (κ3) is 5.35. The lowest BCUT2D eigenvalue weighted by molar-refractivity contribution is -0.137. The van der Waals surface area contributed by atoms with E-state index < -0.39 is 0 Å². The van der Waals surface area contributed by atoms with Gasteiger partial charge < -0.3 is 9.84 Å². The van der Waals surface area contributed by atoms with Crippen LogP contribution >= 0.6 is 0 Å². The summed E-state index contributed by atoms with van der Waals surface area (Å²) in [5.41, 5.74) is 2.51. The Morgan fingerprint density at radius 1 is 1.08 bits per heavy atom. The molecule has 0 aromatic heterocycles. The molecule has 0 heterocycles. The highest BCUT2D eigenvalue weighted by molar-refractivity contribution is 5.87. The Labute approximate surface area is 153 Å². The molecule has 3 heteroatoms. The molecule has 0 spiro atoms. The quantitative estimate of drug-likeness (QED) is 0.483. The zero-order chi connectivity index (χ0) is 19.3. The number of ether oxygens (including phenoxy) is 1. The molecule has 0 saturated carbocycles. The zero-order valence-corrected chi connectivity index (χ0v) is 16.9. The molecule has 0 radical (unpaired) electrons. The molecule has 0 aliphatic carbocycles. The smallest absolute Gasteiger partial charge is 0.330 e. The molecule has 0 atom stereocenters. The molecule has 0 fully saturated rings. The van der Waals surface area contributed by atoms with Crippen LogP contribution in [0, 0.1) is 0 Å². The second-order valence-corrected chi connectivity index (χ2v) is 7.92. The number of carbonyl (C=O) groups excluding carboxylic acids is 1. The van der Waals surface area contributed by atoms with Gasteiger partial charge in [0.25, 0.3) is 0 Å². The number of rotatable bonds is 8. The number of hydrogen-bond acceptors (Lipinski definition) is 3. The maximum Gasteiger partial charge on any atom is 0.330 e. The van der Waals surface area contributed by atoms with E-state index in [0.717, 1.165) is 36.0 Å². The number of aromatic hydroxyl groups is 1. The number of hydrogen-bond donors (Lipinski definition) is 1. The van der Waals surface area contributed by atoms with E-state index in [0.29, 0.717) is 12.4 Å². The van der Waals surface area contributed by atoms with E-state index >= 15 is 0 Å². The van der Waals surface area contributed by atoms with Crippen molar-refractivity contribution in [3.05, 3.63) is 34.9 Å². The zero-order valence-electron chi connectivity index (χ0n) is 16.9. The topological polar surface area (TPSA) is 46.5 Å². The fourth-order valence-electron chi connectivity index (χ4n) is 3.09. The van der Waals surface area contributed by atoms with Gasteiger partial charge in [-0.25, -0.2) is 4.79 Å². The van der Waals surface area contributed by atoms with Gasteiger partial charge in [-0.15, -0.1) is 0 Å². The highest BCUT2D eigenvalue weighted by atomic mass is 16.5. The average Bonchev–Trinajstić information content (AvgIpc) is 2.53. The van der Waals surface area contributed by atoms with Crippen molar-refractivity contribution < 1.29 is 14.6 Å². The molecular formula is C22H34O3. The van der Waals surface area contributed by atoms with Gasteiger partial charge in [0.2, 0.25) is 0 Å². The fraction of sp³-hybridized carbons (Fsp3) is 0.591. The summed E-state index contributed by atoms with van der Waals surface area (Å²) < 4.78 is 4.97. The average molecular weight is 347 g/mol. The largest absolute Gasteiger partial charge is 0.507 e. The second kappa shape index (κ2) is 8.55. The van der Waals surface area contributed by atoms with Crippen molar-refractivity contribution in [2.45, 2.75) is 78.6 Å². The van der Waals surface area contributed by atoms with Crippen LogP contribution in [-0.4, -0.2) is 17.7 Å². The molecule has 1 rings (SSSR count). The second-order valence-electron chi connectivity index (χ2n) is 7.92. The molecule has 0 amide bonds. The van der Waals surface area contributed by atoms with Crippen molar-refractivity contribution >= 4 is 12.0 Å². The van der Waals surface area contributed by atoms with Crippen LogP contribution in [0.3, 0.4) is 0 Å². The first-order valence-corrected chi connectivity index (χ1v) is 9.31. The Morgan fingerprint density at radius 2 is 1.64 bits per heavy atom. The molecule has 0 saturated heterocycles. The lowest BCUT2D eigenvalue weighted by atomic mass is 9.74. The minimum atomic E-state index is -0.346. The SMILES string of the molecule is CCCC(C)(C)c1cc(C=CC(=O)OCC)cc(C(C)(C)CC)c1O. The van der Waals surface area contributed by atoms with Crippen LogP contribution in [0.5, 0.6) is 5.75 Å². The van der Waals surface area contributed by atoms with Gasteiger partial charge in [0, 0.05) is 17.2 Å². The van der Waals surface area contributed by atoms with Crippen LogP contribution in [0.15, 0.2) is 18.2 Å². The fourth-order valence-corrected chi connectivity index (χ4v) is 3.09. The van der Waals surface area contributed by atoms with Gasteiger partial charge >= 0.3 is 5.97 Å². The molecule has 0 aliphatic heterocycles. The van der Waals surface area contributed by atoms with E-state index in [1.54, 1.807) is 13.0 Å². The van der Waals surface area contributed by atoms with Crippen molar-refractivity contribution in [2.75, 3.05) is 6.61 Å². The van der Waals surface area contributed by atoms with Gasteiger partial charge in [0.1, 0.15) is 5.75 Å². The Kier molecular flexibility index (Phi) is 7.28. The molecular weight excluding hydrogens is 312 g/mol. The summed E-state index contributed by atoms with van der Waals surface area (Å²) in [5, 5.41) is 11.0. The standard InChI is InChI=1S/C22H34O3/c1-8-13-22(6,7)18-15-16(11-12-19(23)25-10-3)14-17(20(18)24)21(4,5)9-2/h11-12,14-15,24H,8-10,13H2,1-7H3. The molecule has 3 nitrogen and oxygen atoms in total. The number of benzene rings is 1. The van der Waals surface area contributed by atoms with E-state index in [1.807, 2.05) is 12.1 Å². The molecule has 1 aromatic carbocycles. The Balaban J connectivity index is 3.49. The van der Waals surface area contributed by atoms with E-state index in [9.17, 15) is 9.90 Å². The maximum absolute atomic E-state index is 11.6. The molecule has 25 heavy (non-hydrogen) atoms. The molecule has 1 aromatic rings. The lowest BCUT2D eigenvalue weighted by Gasteiger charge is -2.31.